The molecule has 1 rings (SSSR count). The van der Waals surface area contributed by atoms with Crippen molar-refractivity contribution in [2.24, 2.45) is 0 Å². The molecule has 0 atom stereocenters. The van der Waals surface area contributed by atoms with Crippen LogP contribution in [0, 0.1) is 0 Å². The number of hydrogen-bond donors (Lipinski definition) is 1. The summed E-state index contributed by atoms with van der Waals surface area (Å²) in [6, 6.07) is 0.174. The van der Waals surface area contributed by atoms with Crippen molar-refractivity contribution in [2.75, 3.05) is 6.26 Å². The zero-order chi connectivity index (χ0) is 11.9. The highest BCUT2D eigenvalue weighted by Gasteiger charge is 2.13. The maximum Gasteiger partial charge on any atom is 0.208 e. The molecule has 0 spiro atoms. The average molecular weight is 247 g/mol. The van der Waals surface area contributed by atoms with E-state index in [4.69, 9.17) is 0 Å². The van der Waals surface area contributed by atoms with Gasteiger partial charge in [-0.25, -0.2) is 13.1 Å². The lowest BCUT2D eigenvalue weighted by Crippen LogP contribution is -2.33. The maximum absolute atomic E-state index is 11.2. The Bertz CT molecular complexity index is 263. The third-order valence-electron chi connectivity index (χ3n) is 3.24. The normalized spacial score (nSPS) is 22.6. The fraction of sp³-hybridized carbons (Fsp3) is 1.00. The van der Waals surface area contributed by atoms with Gasteiger partial charge in [0.1, 0.15) is 0 Å². The molecule has 3 nitrogen and oxygen atoms in total. The molecule has 0 bridgehead atoms. The van der Waals surface area contributed by atoms with Crippen molar-refractivity contribution in [3.63, 3.8) is 0 Å². The zero-order valence-electron chi connectivity index (χ0n) is 10.4. The number of nitrogens with one attached hydrogen (secondary N) is 1. The van der Waals surface area contributed by atoms with Gasteiger partial charge in [-0.15, -0.1) is 0 Å². The second kappa shape index (κ2) is 7.28. The summed E-state index contributed by atoms with van der Waals surface area (Å²) in [4.78, 5) is 0. The molecule has 0 amide bonds. The van der Waals surface area contributed by atoms with Crippen molar-refractivity contribution >= 4 is 10.0 Å². The molecule has 0 aromatic carbocycles. The van der Waals surface area contributed by atoms with Crippen LogP contribution in [0.25, 0.3) is 0 Å². The molecule has 0 radical (unpaired) electrons. The highest BCUT2D eigenvalue weighted by molar-refractivity contribution is 7.88. The van der Waals surface area contributed by atoms with Crippen molar-refractivity contribution in [1.29, 1.82) is 0 Å². The van der Waals surface area contributed by atoms with Crippen LogP contribution < -0.4 is 4.72 Å². The monoisotopic (exact) mass is 247 g/mol. The predicted octanol–water partition coefficient (Wildman–Crippen LogP) is 2.82. The minimum absolute atomic E-state index is 0.174. The standard InChI is InChI=1S/C12H25NO2S/c1-16(14,15)13-12-10-8-6-4-2-3-5-7-9-11-12/h12-13H,2-11H2,1H3. The molecule has 0 heterocycles. The topological polar surface area (TPSA) is 46.2 Å². The van der Waals surface area contributed by atoms with Gasteiger partial charge in [0.15, 0.2) is 0 Å². The van der Waals surface area contributed by atoms with Crippen LogP contribution in [0.15, 0.2) is 0 Å². The number of hydrogen-bond acceptors (Lipinski definition) is 2. The summed E-state index contributed by atoms with van der Waals surface area (Å²) in [6.45, 7) is 0. The minimum atomic E-state index is -3.03. The first kappa shape index (κ1) is 14.0. The SMILES string of the molecule is CS(=O)(=O)NC1CCCCCCCCCC1. The first-order valence-corrected chi connectivity index (χ1v) is 8.44. The first-order valence-electron chi connectivity index (χ1n) is 6.55. The molecule has 0 unspecified atom stereocenters. The Hall–Kier alpha value is -0.0900. The van der Waals surface area contributed by atoms with E-state index in [1.807, 2.05) is 0 Å². The Morgan fingerprint density at radius 1 is 0.812 bits per heavy atom. The molecule has 0 aromatic rings. The van der Waals surface area contributed by atoms with Gasteiger partial charge in [0.25, 0.3) is 0 Å². The molecule has 0 aliphatic heterocycles. The lowest BCUT2D eigenvalue weighted by atomic mass is 10.0. The molecule has 1 aliphatic carbocycles. The van der Waals surface area contributed by atoms with E-state index in [9.17, 15) is 8.42 Å². The largest absolute Gasteiger partial charge is 0.213 e. The second-order valence-corrected chi connectivity index (χ2v) is 6.77. The van der Waals surface area contributed by atoms with E-state index in [0.29, 0.717) is 0 Å². The van der Waals surface area contributed by atoms with Crippen molar-refractivity contribution in [2.45, 2.75) is 70.3 Å². The molecule has 4 heteroatoms. The Morgan fingerprint density at radius 2 is 1.19 bits per heavy atom. The van der Waals surface area contributed by atoms with Crippen LogP contribution in [0.5, 0.6) is 0 Å². The smallest absolute Gasteiger partial charge is 0.208 e. The van der Waals surface area contributed by atoms with E-state index in [-0.39, 0.29) is 6.04 Å². The van der Waals surface area contributed by atoms with E-state index in [0.717, 1.165) is 25.7 Å². The summed E-state index contributed by atoms with van der Waals surface area (Å²) in [6.07, 6.45) is 13.4. The molecular formula is C12H25NO2S. The van der Waals surface area contributed by atoms with Crippen LogP contribution in [0.3, 0.4) is 0 Å². The summed E-state index contributed by atoms with van der Waals surface area (Å²) >= 11 is 0. The average Bonchev–Trinajstić information content (AvgIpc) is 2.22. The number of sulfonamides is 1. The van der Waals surface area contributed by atoms with Gasteiger partial charge in [-0.1, -0.05) is 51.4 Å². The van der Waals surface area contributed by atoms with Gasteiger partial charge in [-0.05, 0) is 12.8 Å². The first-order chi connectivity index (χ1) is 7.58. The summed E-state index contributed by atoms with van der Waals surface area (Å²) in [7, 11) is -3.03. The Labute approximate surface area is 100 Å². The van der Waals surface area contributed by atoms with Crippen LogP contribution in [0.4, 0.5) is 0 Å². The predicted molar refractivity (Wildman–Crippen MR) is 67.9 cm³/mol. The fourth-order valence-electron chi connectivity index (χ4n) is 2.41. The fourth-order valence-corrected chi connectivity index (χ4v) is 3.25. The van der Waals surface area contributed by atoms with Gasteiger partial charge in [0.05, 0.1) is 6.26 Å². The van der Waals surface area contributed by atoms with Crippen molar-refractivity contribution < 1.29 is 8.42 Å². The summed E-state index contributed by atoms with van der Waals surface area (Å²) in [5.41, 5.74) is 0. The minimum Gasteiger partial charge on any atom is -0.213 e. The third-order valence-corrected chi connectivity index (χ3v) is 4.00. The second-order valence-electron chi connectivity index (χ2n) is 4.99. The van der Waals surface area contributed by atoms with E-state index < -0.39 is 10.0 Å². The molecule has 16 heavy (non-hydrogen) atoms. The van der Waals surface area contributed by atoms with Crippen molar-refractivity contribution in [3.8, 4) is 0 Å². The Kier molecular flexibility index (Phi) is 6.36. The van der Waals surface area contributed by atoms with E-state index in [1.165, 1.54) is 44.8 Å². The highest BCUT2D eigenvalue weighted by atomic mass is 32.2. The van der Waals surface area contributed by atoms with Crippen molar-refractivity contribution in [1.82, 2.24) is 4.72 Å². The summed E-state index contributed by atoms with van der Waals surface area (Å²) in [5.74, 6) is 0. The summed E-state index contributed by atoms with van der Waals surface area (Å²) in [5, 5.41) is 0. The van der Waals surface area contributed by atoms with Gasteiger partial charge < -0.3 is 0 Å². The van der Waals surface area contributed by atoms with Crippen LogP contribution in [0.1, 0.15) is 64.2 Å². The van der Waals surface area contributed by atoms with Crippen LogP contribution in [-0.2, 0) is 10.0 Å². The van der Waals surface area contributed by atoms with Gasteiger partial charge in [-0.3, -0.25) is 0 Å². The lowest BCUT2D eigenvalue weighted by Gasteiger charge is -2.16. The van der Waals surface area contributed by atoms with Crippen LogP contribution in [0.2, 0.25) is 0 Å². The third kappa shape index (κ3) is 7.23. The van der Waals surface area contributed by atoms with Gasteiger partial charge in [0.2, 0.25) is 10.0 Å². The molecular weight excluding hydrogens is 222 g/mol. The Morgan fingerprint density at radius 3 is 1.56 bits per heavy atom. The molecule has 1 aliphatic rings. The van der Waals surface area contributed by atoms with Crippen molar-refractivity contribution in [3.05, 3.63) is 0 Å². The van der Waals surface area contributed by atoms with Gasteiger partial charge in [0, 0.05) is 6.04 Å². The maximum atomic E-state index is 11.2. The quantitative estimate of drug-likeness (QED) is 0.815. The van der Waals surface area contributed by atoms with Gasteiger partial charge in [-0.2, -0.15) is 0 Å². The molecule has 0 saturated heterocycles. The van der Waals surface area contributed by atoms with E-state index in [1.54, 1.807) is 0 Å². The molecule has 1 N–H and O–H groups in total. The summed E-state index contributed by atoms with van der Waals surface area (Å²) < 4.78 is 25.2. The molecule has 1 fully saturated rings. The zero-order valence-corrected chi connectivity index (χ0v) is 11.2. The molecule has 96 valence electrons. The Balaban J connectivity index is 2.39. The number of rotatable bonds is 2. The van der Waals surface area contributed by atoms with Gasteiger partial charge >= 0.3 is 0 Å². The van der Waals surface area contributed by atoms with E-state index >= 15 is 0 Å². The molecule has 0 aromatic heterocycles. The van der Waals surface area contributed by atoms with Crippen LogP contribution in [-0.4, -0.2) is 20.7 Å². The lowest BCUT2D eigenvalue weighted by molar-refractivity contribution is 0.469. The highest BCUT2D eigenvalue weighted by Crippen LogP contribution is 2.17. The van der Waals surface area contributed by atoms with E-state index in [2.05, 4.69) is 4.72 Å². The molecule has 1 saturated carbocycles. The van der Waals surface area contributed by atoms with Crippen LogP contribution >= 0.6 is 0 Å².